The lowest BCUT2D eigenvalue weighted by atomic mass is 10.1. The summed E-state index contributed by atoms with van der Waals surface area (Å²) in [5.74, 6) is 0. The Balaban J connectivity index is 2.96. The number of aromatic nitrogens is 2. The van der Waals surface area contributed by atoms with Gasteiger partial charge in [-0.15, -0.1) is 0 Å². The summed E-state index contributed by atoms with van der Waals surface area (Å²) in [6.45, 7) is 4.18. The molecule has 3 heteroatoms. The van der Waals surface area contributed by atoms with Crippen molar-refractivity contribution in [1.29, 1.82) is 0 Å². The van der Waals surface area contributed by atoms with Gasteiger partial charge < -0.3 is 4.98 Å². The Bertz CT molecular complexity index is 431. The second-order valence-corrected chi connectivity index (χ2v) is 3.78. The maximum absolute atomic E-state index is 4.26. The van der Waals surface area contributed by atoms with Crippen molar-refractivity contribution in [2.24, 2.45) is 0 Å². The molecule has 0 saturated carbocycles. The van der Waals surface area contributed by atoms with Crippen LogP contribution in [0, 0.1) is 13.8 Å². The van der Waals surface area contributed by atoms with Gasteiger partial charge in [0.05, 0.1) is 0 Å². The van der Waals surface area contributed by atoms with Gasteiger partial charge in [0.1, 0.15) is 5.65 Å². The van der Waals surface area contributed by atoms with Crippen LogP contribution in [0.4, 0.5) is 0 Å². The largest absolute Gasteiger partial charge is 0.346 e. The molecule has 0 bridgehead atoms. The van der Waals surface area contributed by atoms with Crippen molar-refractivity contribution in [3.8, 4) is 0 Å². The molecule has 0 fully saturated rings. The molecule has 0 spiro atoms. The van der Waals surface area contributed by atoms with Crippen molar-refractivity contribution in [1.82, 2.24) is 9.97 Å². The molecule has 0 aromatic carbocycles. The van der Waals surface area contributed by atoms with Gasteiger partial charge in [0.25, 0.3) is 0 Å². The third kappa shape index (κ3) is 0.966. The van der Waals surface area contributed by atoms with Gasteiger partial charge in [-0.05, 0) is 40.9 Å². The van der Waals surface area contributed by atoms with Crippen molar-refractivity contribution in [2.45, 2.75) is 13.8 Å². The first-order valence-corrected chi connectivity index (χ1v) is 4.58. The van der Waals surface area contributed by atoms with Crippen LogP contribution in [-0.4, -0.2) is 9.97 Å². The van der Waals surface area contributed by atoms with Crippen LogP contribution in [0.5, 0.6) is 0 Å². The van der Waals surface area contributed by atoms with Crippen molar-refractivity contribution in [3.05, 3.63) is 28.0 Å². The summed E-state index contributed by atoms with van der Waals surface area (Å²) in [6, 6.07) is 0. The van der Waals surface area contributed by atoms with E-state index in [1.807, 2.05) is 12.4 Å². The number of nitrogens with zero attached hydrogens (tertiary/aromatic N) is 1. The van der Waals surface area contributed by atoms with E-state index in [4.69, 9.17) is 0 Å². The van der Waals surface area contributed by atoms with Gasteiger partial charge in [-0.3, -0.25) is 0 Å². The molecule has 0 aliphatic rings. The zero-order valence-corrected chi connectivity index (χ0v) is 8.57. The van der Waals surface area contributed by atoms with Gasteiger partial charge in [-0.25, -0.2) is 4.98 Å². The highest BCUT2D eigenvalue weighted by atomic mass is 79.9. The van der Waals surface area contributed by atoms with E-state index in [-0.39, 0.29) is 0 Å². The van der Waals surface area contributed by atoms with Gasteiger partial charge in [0.15, 0.2) is 0 Å². The Hall–Kier alpha value is -0.830. The van der Waals surface area contributed by atoms with E-state index in [1.54, 1.807) is 0 Å². The van der Waals surface area contributed by atoms with Crippen LogP contribution in [0.3, 0.4) is 0 Å². The summed E-state index contributed by atoms with van der Waals surface area (Å²) < 4.78 is 1.07. The molecule has 0 radical (unpaired) electrons. The summed E-state index contributed by atoms with van der Waals surface area (Å²) >= 11 is 3.46. The zero-order chi connectivity index (χ0) is 8.72. The molecule has 2 aromatic rings. The van der Waals surface area contributed by atoms with Crippen LogP contribution in [-0.2, 0) is 0 Å². The lowest BCUT2D eigenvalue weighted by Crippen LogP contribution is -1.82. The van der Waals surface area contributed by atoms with Crippen LogP contribution < -0.4 is 0 Å². The zero-order valence-electron chi connectivity index (χ0n) is 6.98. The van der Waals surface area contributed by atoms with E-state index < -0.39 is 0 Å². The molecule has 0 aliphatic heterocycles. The maximum atomic E-state index is 4.26. The molecule has 2 aromatic heterocycles. The topological polar surface area (TPSA) is 28.7 Å². The molecule has 12 heavy (non-hydrogen) atoms. The SMILES string of the molecule is Cc1c[nH]c2ncc(Br)c(C)c12. The highest BCUT2D eigenvalue weighted by Gasteiger charge is 2.05. The molecule has 0 amide bonds. The molecule has 62 valence electrons. The van der Waals surface area contributed by atoms with Gasteiger partial charge >= 0.3 is 0 Å². The predicted molar refractivity (Wildman–Crippen MR) is 53.3 cm³/mol. The van der Waals surface area contributed by atoms with Crippen molar-refractivity contribution >= 4 is 27.0 Å². The van der Waals surface area contributed by atoms with E-state index in [9.17, 15) is 0 Å². The highest BCUT2D eigenvalue weighted by Crippen LogP contribution is 2.25. The molecule has 2 nitrogen and oxygen atoms in total. The number of hydrogen-bond acceptors (Lipinski definition) is 1. The van der Waals surface area contributed by atoms with Crippen LogP contribution >= 0.6 is 15.9 Å². The van der Waals surface area contributed by atoms with Crippen molar-refractivity contribution in [2.75, 3.05) is 0 Å². The average Bonchev–Trinajstić information content (AvgIpc) is 2.41. The molecule has 1 N–H and O–H groups in total. The van der Waals surface area contributed by atoms with Gasteiger partial charge in [0, 0.05) is 22.3 Å². The normalized spacial score (nSPS) is 10.9. The molecular formula is C9H9BrN2. The first kappa shape index (κ1) is 7.80. The summed E-state index contributed by atoms with van der Waals surface area (Å²) in [6.07, 6.45) is 3.81. The molecular weight excluding hydrogens is 216 g/mol. The number of fused-ring (bicyclic) bond motifs is 1. The van der Waals surface area contributed by atoms with E-state index in [2.05, 4.69) is 39.7 Å². The fraction of sp³-hybridized carbons (Fsp3) is 0.222. The molecule has 0 atom stereocenters. The Kier molecular flexibility index (Phi) is 1.68. The minimum Gasteiger partial charge on any atom is -0.346 e. The van der Waals surface area contributed by atoms with Gasteiger partial charge in [-0.1, -0.05) is 0 Å². The van der Waals surface area contributed by atoms with Crippen LogP contribution in [0.1, 0.15) is 11.1 Å². The third-order valence-electron chi connectivity index (χ3n) is 2.10. The second kappa shape index (κ2) is 2.59. The smallest absolute Gasteiger partial charge is 0.137 e. The molecule has 0 unspecified atom stereocenters. The van der Waals surface area contributed by atoms with Crippen LogP contribution in [0.2, 0.25) is 0 Å². The number of H-pyrrole nitrogens is 1. The number of halogens is 1. The minimum atomic E-state index is 0.966. The van der Waals surface area contributed by atoms with Crippen LogP contribution in [0.25, 0.3) is 11.0 Å². The number of rotatable bonds is 0. The maximum Gasteiger partial charge on any atom is 0.137 e. The summed E-state index contributed by atoms with van der Waals surface area (Å²) in [7, 11) is 0. The second-order valence-electron chi connectivity index (χ2n) is 2.93. The average molecular weight is 225 g/mol. The number of hydrogen-bond donors (Lipinski definition) is 1. The highest BCUT2D eigenvalue weighted by molar-refractivity contribution is 9.10. The van der Waals surface area contributed by atoms with E-state index >= 15 is 0 Å². The fourth-order valence-corrected chi connectivity index (χ4v) is 1.72. The Morgan fingerprint density at radius 1 is 1.42 bits per heavy atom. The van der Waals surface area contributed by atoms with Crippen LogP contribution in [0.15, 0.2) is 16.9 Å². The number of pyridine rings is 1. The molecule has 0 aliphatic carbocycles. The summed E-state index contributed by atoms with van der Waals surface area (Å²) in [5, 5.41) is 1.23. The number of aromatic amines is 1. The third-order valence-corrected chi connectivity index (χ3v) is 2.90. The summed E-state index contributed by atoms with van der Waals surface area (Å²) in [5.41, 5.74) is 3.46. The van der Waals surface area contributed by atoms with Crippen molar-refractivity contribution in [3.63, 3.8) is 0 Å². The number of aryl methyl sites for hydroxylation is 2. The lowest BCUT2D eigenvalue weighted by Gasteiger charge is -1.99. The monoisotopic (exact) mass is 224 g/mol. The Morgan fingerprint density at radius 2 is 2.17 bits per heavy atom. The first-order valence-electron chi connectivity index (χ1n) is 3.79. The molecule has 0 saturated heterocycles. The van der Waals surface area contributed by atoms with E-state index in [1.165, 1.54) is 16.5 Å². The minimum absolute atomic E-state index is 0.966. The molecule has 2 heterocycles. The standard InChI is InChI=1S/C9H9BrN2/c1-5-3-11-9-8(5)6(2)7(10)4-12-9/h3-4H,1-2H3,(H,11,12). The quantitative estimate of drug-likeness (QED) is 0.733. The lowest BCUT2D eigenvalue weighted by molar-refractivity contribution is 1.29. The molecule has 2 rings (SSSR count). The van der Waals surface area contributed by atoms with Crippen molar-refractivity contribution < 1.29 is 0 Å². The number of nitrogens with one attached hydrogen (secondary N) is 1. The Morgan fingerprint density at radius 3 is 2.92 bits per heavy atom. The van der Waals surface area contributed by atoms with Gasteiger partial charge in [-0.2, -0.15) is 0 Å². The Labute approximate surface area is 79.1 Å². The van der Waals surface area contributed by atoms with Gasteiger partial charge in [0.2, 0.25) is 0 Å². The fourth-order valence-electron chi connectivity index (χ4n) is 1.42. The summed E-state index contributed by atoms with van der Waals surface area (Å²) in [4.78, 5) is 7.38. The van der Waals surface area contributed by atoms with E-state index in [0.717, 1.165) is 10.1 Å². The van der Waals surface area contributed by atoms with E-state index in [0.29, 0.717) is 0 Å². The first-order chi connectivity index (χ1) is 5.70. The predicted octanol–water partition coefficient (Wildman–Crippen LogP) is 2.94.